The Bertz CT molecular complexity index is 956. The molecule has 1 aliphatic rings. The molecule has 0 aliphatic carbocycles. The third-order valence-corrected chi connectivity index (χ3v) is 5.51. The molecule has 0 saturated heterocycles. The highest BCUT2D eigenvalue weighted by Gasteiger charge is 2.18. The van der Waals surface area contributed by atoms with Crippen LogP contribution in [0.2, 0.25) is 0 Å². The number of imidazole rings is 1. The third-order valence-electron chi connectivity index (χ3n) is 4.52. The summed E-state index contributed by atoms with van der Waals surface area (Å²) in [6, 6.07) is 8.24. The highest BCUT2D eigenvalue weighted by molar-refractivity contribution is 7.98. The lowest BCUT2D eigenvalue weighted by Crippen LogP contribution is -2.12. The largest absolute Gasteiger partial charge is 0.432 e. The first-order valence-electron chi connectivity index (χ1n) is 8.63. The minimum atomic E-state index is -0.505. The number of fused-ring (bicyclic) bond motifs is 2. The van der Waals surface area contributed by atoms with Gasteiger partial charge in [-0.2, -0.15) is 11.8 Å². The molecule has 3 heterocycles. The number of hydrogen-bond donors (Lipinski definition) is 2. The summed E-state index contributed by atoms with van der Waals surface area (Å²) in [4.78, 5) is 21.5. The Hall–Kier alpha value is -2.61. The van der Waals surface area contributed by atoms with Gasteiger partial charge in [-0.25, -0.2) is 4.98 Å². The van der Waals surface area contributed by atoms with Gasteiger partial charge in [0.15, 0.2) is 0 Å². The first kappa shape index (κ1) is 16.8. The average molecular weight is 369 g/mol. The number of thioether (sulfide) groups is 1. The number of nitro groups is 1. The highest BCUT2D eigenvalue weighted by Crippen LogP contribution is 2.34. The van der Waals surface area contributed by atoms with Crippen molar-refractivity contribution in [1.82, 2.24) is 15.0 Å². The van der Waals surface area contributed by atoms with Gasteiger partial charge in [0.25, 0.3) is 0 Å². The zero-order valence-electron chi connectivity index (χ0n) is 14.2. The number of benzene rings is 1. The zero-order chi connectivity index (χ0) is 17.9. The van der Waals surface area contributed by atoms with Gasteiger partial charge in [0.05, 0.1) is 5.52 Å². The van der Waals surface area contributed by atoms with Crippen LogP contribution in [-0.4, -0.2) is 32.2 Å². The van der Waals surface area contributed by atoms with Crippen molar-refractivity contribution in [2.45, 2.75) is 25.0 Å². The molecule has 0 bridgehead atoms. The van der Waals surface area contributed by atoms with Crippen molar-refractivity contribution < 1.29 is 4.92 Å². The van der Waals surface area contributed by atoms with Gasteiger partial charge in [-0.05, 0) is 29.6 Å². The number of H-pyrrole nitrogens is 1. The van der Waals surface area contributed by atoms with Crippen molar-refractivity contribution in [3.63, 3.8) is 0 Å². The third kappa shape index (κ3) is 3.37. The molecule has 2 aromatic heterocycles. The Balaban J connectivity index is 1.48. The molecule has 1 aromatic carbocycles. The number of anilines is 1. The summed E-state index contributed by atoms with van der Waals surface area (Å²) in [6.45, 7) is 0.790. The first-order chi connectivity index (χ1) is 12.7. The van der Waals surface area contributed by atoms with Crippen LogP contribution >= 0.6 is 11.8 Å². The summed E-state index contributed by atoms with van der Waals surface area (Å²) in [5.74, 6) is 1.91. The van der Waals surface area contributed by atoms with E-state index in [1.807, 2.05) is 23.9 Å². The smallest absolute Gasteiger partial charge is 0.390 e. The van der Waals surface area contributed by atoms with Gasteiger partial charge in [-0.15, -0.1) is 0 Å². The maximum atomic E-state index is 10.7. The predicted octanol–water partition coefficient (Wildman–Crippen LogP) is 3.70. The number of hydrogen-bond acceptors (Lipinski definition) is 6. The van der Waals surface area contributed by atoms with Crippen LogP contribution in [0.4, 0.5) is 11.6 Å². The number of aromatic nitrogens is 3. The van der Waals surface area contributed by atoms with Crippen LogP contribution in [0.5, 0.6) is 0 Å². The molecule has 2 N–H and O–H groups in total. The number of nitrogens with one attached hydrogen (secondary N) is 2. The van der Waals surface area contributed by atoms with Crippen LogP contribution in [0.1, 0.15) is 23.4 Å². The fourth-order valence-corrected chi connectivity index (χ4v) is 4.27. The lowest BCUT2D eigenvalue weighted by atomic mass is 10.0. The maximum absolute atomic E-state index is 10.7. The molecule has 134 valence electrons. The van der Waals surface area contributed by atoms with Crippen LogP contribution in [-0.2, 0) is 18.6 Å². The molecule has 26 heavy (non-hydrogen) atoms. The second-order valence-corrected chi connectivity index (χ2v) is 7.36. The standard InChI is InChI=1S/C18H19N5O2S/c24-23(25)18-20-10-12(21-18)4-3-8-19-17-13-5-1-2-6-15(13)22-16-7-9-26-11-14(16)17/h1-2,5-6,10H,3-4,7-9,11H2,(H,19,22)(H,20,21). The van der Waals surface area contributed by atoms with Crippen LogP contribution in [0.15, 0.2) is 30.5 Å². The SMILES string of the molecule is O=[N+]([O-])c1ncc(CCCNc2c3c(nc4ccccc24)CCSC3)[nH]1. The summed E-state index contributed by atoms with van der Waals surface area (Å²) in [6.07, 6.45) is 4.13. The molecule has 0 atom stereocenters. The fourth-order valence-electron chi connectivity index (χ4n) is 3.27. The minimum Gasteiger partial charge on any atom is -0.390 e. The van der Waals surface area contributed by atoms with E-state index >= 15 is 0 Å². The molecule has 0 spiro atoms. The van der Waals surface area contributed by atoms with Gasteiger partial charge in [0, 0.05) is 41.0 Å². The number of aryl methyl sites for hydroxylation is 2. The van der Waals surface area contributed by atoms with Crippen molar-refractivity contribution >= 4 is 34.3 Å². The Morgan fingerprint density at radius 2 is 2.23 bits per heavy atom. The summed E-state index contributed by atoms with van der Waals surface area (Å²) in [7, 11) is 0. The number of rotatable bonds is 6. The Kier molecular flexibility index (Phi) is 4.75. The molecule has 0 radical (unpaired) electrons. The lowest BCUT2D eigenvalue weighted by molar-refractivity contribution is -0.393. The van der Waals surface area contributed by atoms with Crippen LogP contribution in [0.3, 0.4) is 0 Å². The summed E-state index contributed by atoms with van der Waals surface area (Å²) in [5.41, 5.74) is 5.53. The molecule has 0 unspecified atom stereocenters. The number of aromatic amines is 1. The van der Waals surface area contributed by atoms with Gasteiger partial charge < -0.3 is 15.4 Å². The van der Waals surface area contributed by atoms with Crippen molar-refractivity contribution in [3.8, 4) is 0 Å². The van der Waals surface area contributed by atoms with Gasteiger partial charge in [-0.1, -0.05) is 23.2 Å². The molecule has 3 aromatic rings. The molecule has 0 amide bonds. The molecule has 0 fully saturated rings. The molecular formula is C18H19N5O2S. The number of para-hydroxylation sites is 1. The lowest BCUT2D eigenvalue weighted by Gasteiger charge is -2.21. The van der Waals surface area contributed by atoms with Crippen LogP contribution in [0.25, 0.3) is 10.9 Å². The van der Waals surface area contributed by atoms with Crippen LogP contribution < -0.4 is 5.32 Å². The highest BCUT2D eigenvalue weighted by atomic mass is 32.2. The van der Waals surface area contributed by atoms with E-state index in [-0.39, 0.29) is 5.95 Å². The summed E-state index contributed by atoms with van der Waals surface area (Å²) < 4.78 is 0. The van der Waals surface area contributed by atoms with Crippen molar-refractivity contribution in [2.24, 2.45) is 0 Å². The quantitative estimate of drug-likeness (QED) is 0.391. The van der Waals surface area contributed by atoms with Gasteiger partial charge in [-0.3, -0.25) is 4.98 Å². The monoisotopic (exact) mass is 369 g/mol. The van der Waals surface area contributed by atoms with Crippen molar-refractivity contribution in [2.75, 3.05) is 17.6 Å². The topological polar surface area (TPSA) is 96.7 Å². The molecule has 1 aliphatic heterocycles. The number of nitrogens with zero attached hydrogens (tertiary/aromatic N) is 3. The van der Waals surface area contributed by atoms with Crippen molar-refractivity contribution in [1.29, 1.82) is 0 Å². The molecular weight excluding hydrogens is 350 g/mol. The van der Waals surface area contributed by atoms with Gasteiger partial charge in [0.2, 0.25) is 0 Å². The molecule has 4 rings (SSSR count). The average Bonchev–Trinajstić information content (AvgIpc) is 3.13. The second kappa shape index (κ2) is 7.33. The number of pyridine rings is 1. The summed E-state index contributed by atoms with van der Waals surface area (Å²) >= 11 is 1.94. The van der Waals surface area contributed by atoms with E-state index in [1.165, 1.54) is 16.9 Å². The normalized spacial score (nSPS) is 13.5. The summed E-state index contributed by atoms with van der Waals surface area (Å²) in [5, 5.41) is 15.4. The van der Waals surface area contributed by atoms with Crippen molar-refractivity contribution in [3.05, 3.63) is 57.5 Å². The maximum Gasteiger partial charge on any atom is 0.432 e. The van der Waals surface area contributed by atoms with Crippen LogP contribution in [0, 0.1) is 10.1 Å². The molecule has 7 nitrogen and oxygen atoms in total. The van der Waals surface area contributed by atoms with Gasteiger partial charge in [0.1, 0.15) is 11.9 Å². The van der Waals surface area contributed by atoms with E-state index in [9.17, 15) is 10.1 Å². The molecule has 0 saturated carbocycles. The Labute approximate surface area is 154 Å². The van der Waals surface area contributed by atoms with E-state index in [0.29, 0.717) is 6.42 Å². The van der Waals surface area contributed by atoms with E-state index in [4.69, 9.17) is 4.98 Å². The van der Waals surface area contributed by atoms with E-state index in [1.54, 1.807) is 6.20 Å². The van der Waals surface area contributed by atoms with E-state index < -0.39 is 4.92 Å². The molecule has 8 heteroatoms. The first-order valence-corrected chi connectivity index (χ1v) is 9.78. The van der Waals surface area contributed by atoms with Gasteiger partial charge >= 0.3 is 5.95 Å². The minimum absolute atomic E-state index is 0.195. The Morgan fingerprint density at radius 1 is 1.35 bits per heavy atom. The van der Waals surface area contributed by atoms with E-state index in [2.05, 4.69) is 27.4 Å². The Morgan fingerprint density at radius 3 is 3.08 bits per heavy atom. The second-order valence-electron chi connectivity index (χ2n) is 6.25. The van der Waals surface area contributed by atoms with E-state index in [0.717, 1.165) is 47.5 Å². The fraction of sp³-hybridized carbons (Fsp3) is 0.333. The zero-order valence-corrected chi connectivity index (χ0v) is 15.0. The predicted molar refractivity (Wildman–Crippen MR) is 104 cm³/mol.